The van der Waals surface area contributed by atoms with E-state index in [2.05, 4.69) is 10.0 Å². The largest absolute Gasteiger partial charge is 0.467 e. The number of carbonyl (C=O) groups is 2. The minimum atomic E-state index is -3.79. The van der Waals surface area contributed by atoms with Crippen molar-refractivity contribution in [2.75, 3.05) is 15.8 Å². The van der Waals surface area contributed by atoms with Gasteiger partial charge in [0.2, 0.25) is 5.91 Å². The van der Waals surface area contributed by atoms with Gasteiger partial charge in [0.25, 0.3) is 15.9 Å². The molecule has 0 radical (unpaired) electrons. The molecule has 8 nitrogen and oxygen atoms in total. The molecule has 0 saturated carbocycles. The molecule has 5 rings (SSSR count). The molecule has 0 aliphatic carbocycles. The number of hydrogen-bond acceptors (Lipinski definition) is 6. The summed E-state index contributed by atoms with van der Waals surface area (Å²) in [6, 6.07) is 22.3. The van der Waals surface area contributed by atoms with E-state index in [-0.39, 0.29) is 22.1 Å². The van der Waals surface area contributed by atoms with Crippen LogP contribution in [0.1, 0.15) is 38.2 Å². The molecule has 1 aliphatic rings. The lowest BCUT2D eigenvalue weighted by Crippen LogP contribution is -2.27. The molecule has 1 fully saturated rings. The molecule has 2 amide bonds. The van der Waals surface area contributed by atoms with Gasteiger partial charge in [-0.25, -0.2) is 8.42 Å². The van der Waals surface area contributed by atoms with Gasteiger partial charge in [0, 0.05) is 11.3 Å². The zero-order valence-corrected chi connectivity index (χ0v) is 23.0. The van der Waals surface area contributed by atoms with E-state index in [1.54, 1.807) is 41.5 Å². The number of furan rings is 1. The van der Waals surface area contributed by atoms with E-state index in [0.29, 0.717) is 35.0 Å². The Morgan fingerprint density at radius 3 is 2.31 bits per heavy atom. The Kier molecular flexibility index (Phi) is 7.49. The molecule has 0 bridgehead atoms. The highest BCUT2D eigenvalue weighted by Gasteiger charge is 2.33. The first-order valence-electron chi connectivity index (χ1n) is 12.2. The number of carbonyl (C=O) groups excluding carboxylic acids is 2. The first-order chi connectivity index (χ1) is 18.7. The fraction of sp³-hybridized carbons (Fsp3) is 0.172. The van der Waals surface area contributed by atoms with Crippen molar-refractivity contribution in [2.45, 2.75) is 30.7 Å². The van der Waals surface area contributed by atoms with Crippen LogP contribution in [0.2, 0.25) is 0 Å². The van der Waals surface area contributed by atoms with Crippen LogP contribution in [0.4, 0.5) is 11.4 Å². The maximum atomic E-state index is 12.9. The SMILES string of the molecule is Cc1cccc(C)c1NS(=O)(=O)c1ccc(NC(=O)c2ccc([C@@H]3SCC(=O)N3Cc3ccco3)cc2)cc1. The Labute approximate surface area is 231 Å². The molecule has 2 heterocycles. The van der Waals surface area contributed by atoms with Gasteiger partial charge in [-0.3, -0.25) is 14.3 Å². The minimum Gasteiger partial charge on any atom is -0.467 e. The number of thioether (sulfide) groups is 1. The summed E-state index contributed by atoms with van der Waals surface area (Å²) in [5.74, 6) is 0.817. The maximum Gasteiger partial charge on any atom is 0.261 e. The number of para-hydroxylation sites is 1. The van der Waals surface area contributed by atoms with Gasteiger partial charge in [-0.15, -0.1) is 11.8 Å². The van der Waals surface area contributed by atoms with E-state index in [4.69, 9.17) is 4.42 Å². The van der Waals surface area contributed by atoms with Gasteiger partial charge in [0.05, 0.1) is 29.1 Å². The maximum absolute atomic E-state index is 12.9. The van der Waals surface area contributed by atoms with Crippen molar-refractivity contribution < 1.29 is 22.4 Å². The summed E-state index contributed by atoms with van der Waals surface area (Å²) in [6.45, 7) is 4.08. The van der Waals surface area contributed by atoms with Crippen LogP contribution in [0.5, 0.6) is 0 Å². The molecule has 3 aromatic carbocycles. The van der Waals surface area contributed by atoms with Crippen molar-refractivity contribution in [3.63, 3.8) is 0 Å². The average Bonchev–Trinajstić information content (AvgIpc) is 3.57. The van der Waals surface area contributed by atoms with Gasteiger partial charge >= 0.3 is 0 Å². The summed E-state index contributed by atoms with van der Waals surface area (Å²) in [5.41, 5.74) is 4.05. The molecule has 0 unspecified atom stereocenters. The van der Waals surface area contributed by atoms with Gasteiger partial charge in [0.1, 0.15) is 11.1 Å². The van der Waals surface area contributed by atoms with E-state index in [0.717, 1.165) is 16.7 Å². The fourth-order valence-electron chi connectivity index (χ4n) is 4.36. The monoisotopic (exact) mass is 561 g/mol. The molecule has 39 heavy (non-hydrogen) atoms. The van der Waals surface area contributed by atoms with Crippen molar-refractivity contribution in [1.82, 2.24) is 4.90 Å². The molecule has 1 atom stereocenters. The lowest BCUT2D eigenvalue weighted by Gasteiger charge is -2.23. The summed E-state index contributed by atoms with van der Waals surface area (Å²) in [4.78, 5) is 27.1. The zero-order chi connectivity index (χ0) is 27.6. The number of aryl methyl sites for hydroxylation is 2. The second-order valence-electron chi connectivity index (χ2n) is 9.24. The van der Waals surface area contributed by atoms with Crippen LogP contribution < -0.4 is 10.0 Å². The molecule has 2 N–H and O–H groups in total. The Morgan fingerprint density at radius 2 is 1.67 bits per heavy atom. The highest BCUT2D eigenvalue weighted by Crippen LogP contribution is 2.39. The van der Waals surface area contributed by atoms with Crippen molar-refractivity contribution >= 4 is 45.0 Å². The van der Waals surface area contributed by atoms with Gasteiger partial charge in [-0.05, 0) is 79.1 Å². The molecule has 1 aliphatic heterocycles. The normalized spacial score (nSPS) is 15.4. The lowest BCUT2D eigenvalue weighted by atomic mass is 10.1. The van der Waals surface area contributed by atoms with Crippen molar-refractivity contribution in [1.29, 1.82) is 0 Å². The van der Waals surface area contributed by atoms with Gasteiger partial charge in [0.15, 0.2) is 0 Å². The average molecular weight is 562 g/mol. The van der Waals surface area contributed by atoms with Crippen LogP contribution in [0.25, 0.3) is 0 Å². The molecule has 10 heteroatoms. The van der Waals surface area contributed by atoms with Gasteiger partial charge in [-0.1, -0.05) is 30.3 Å². The molecule has 200 valence electrons. The van der Waals surface area contributed by atoms with Gasteiger partial charge < -0.3 is 14.6 Å². The first kappa shape index (κ1) is 26.6. The minimum absolute atomic E-state index is 0.0397. The van der Waals surface area contributed by atoms with Crippen molar-refractivity contribution in [2.24, 2.45) is 0 Å². The molecule has 1 aromatic heterocycles. The van der Waals surface area contributed by atoms with Crippen molar-refractivity contribution in [3.05, 3.63) is 113 Å². The Morgan fingerprint density at radius 1 is 0.974 bits per heavy atom. The predicted molar refractivity (Wildman–Crippen MR) is 152 cm³/mol. The molecule has 0 spiro atoms. The Balaban J connectivity index is 1.24. The van der Waals surface area contributed by atoms with Crippen LogP contribution in [0.15, 0.2) is 94.4 Å². The third kappa shape index (κ3) is 5.86. The highest BCUT2D eigenvalue weighted by molar-refractivity contribution is 8.00. The highest BCUT2D eigenvalue weighted by atomic mass is 32.2. The number of sulfonamides is 1. The molecule has 1 saturated heterocycles. The second-order valence-corrected chi connectivity index (χ2v) is 12.0. The molecular formula is C29H27N3O5S2. The number of rotatable bonds is 8. The Hall–Kier alpha value is -4.02. The number of nitrogens with one attached hydrogen (secondary N) is 2. The van der Waals surface area contributed by atoms with Gasteiger partial charge in [-0.2, -0.15) is 0 Å². The zero-order valence-electron chi connectivity index (χ0n) is 21.4. The third-order valence-corrected chi connectivity index (χ3v) is 9.09. The van der Waals surface area contributed by atoms with E-state index in [1.165, 1.54) is 23.9 Å². The molecule has 4 aromatic rings. The van der Waals surface area contributed by atoms with Crippen LogP contribution in [0.3, 0.4) is 0 Å². The number of amides is 2. The van der Waals surface area contributed by atoms with E-state index in [9.17, 15) is 18.0 Å². The number of nitrogens with zero attached hydrogens (tertiary/aromatic N) is 1. The van der Waals surface area contributed by atoms with E-state index in [1.807, 2.05) is 50.2 Å². The van der Waals surface area contributed by atoms with Crippen molar-refractivity contribution in [3.8, 4) is 0 Å². The number of hydrogen-bond donors (Lipinski definition) is 2. The standard InChI is InChI=1S/C29H27N3O5S2/c1-19-5-3-6-20(2)27(19)31-39(35,36)25-14-12-23(13-15-25)30-28(34)21-8-10-22(11-9-21)29-32(26(33)18-38-29)17-24-7-4-16-37-24/h3-16,29,31H,17-18H2,1-2H3,(H,30,34)/t29-/m0/s1. The second kappa shape index (κ2) is 11.0. The third-order valence-electron chi connectivity index (χ3n) is 6.47. The molecular weight excluding hydrogens is 534 g/mol. The van der Waals surface area contributed by atoms with Crippen LogP contribution in [-0.4, -0.2) is 30.9 Å². The Bertz CT molecular complexity index is 1580. The van der Waals surface area contributed by atoms with Crippen LogP contribution >= 0.6 is 11.8 Å². The summed E-state index contributed by atoms with van der Waals surface area (Å²) in [7, 11) is -3.79. The number of benzene rings is 3. The number of anilines is 2. The quantitative estimate of drug-likeness (QED) is 0.285. The first-order valence-corrected chi connectivity index (χ1v) is 14.8. The van der Waals surface area contributed by atoms with E-state index >= 15 is 0 Å². The summed E-state index contributed by atoms with van der Waals surface area (Å²) in [6.07, 6.45) is 1.58. The van der Waals surface area contributed by atoms with Crippen LogP contribution in [-0.2, 0) is 21.4 Å². The van der Waals surface area contributed by atoms with E-state index < -0.39 is 10.0 Å². The topological polar surface area (TPSA) is 109 Å². The summed E-state index contributed by atoms with van der Waals surface area (Å²) < 4.78 is 33.9. The summed E-state index contributed by atoms with van der Waals surface area (Å²) in [5, 5.41) is 2.64. The van der Waals surface area contributed by atoms with Crippen LogP contribution in [0, 0.1) is 13.8 Å². The summed E-state index contributed by atoms with van der Waals surface area (Å²) >= 11 is 1.54. The predicted octanol–water partition coefficient (Wildman–Crippen LogP) is 5.72. The fourth-order valence-corrected chi connectivity index (χ4v) is 6.75. The lowest BCUT2D eigenvalue weighted by molar-refractivity contribution is -0.128. The smallest absolute Gasteiger partial charge is 0.261 e.